The van der Waals surface area contributed by atoms with Crippen molar-refractivity contribution in [3.05, 3.63) is 36.8 Å². The Morgan fingerprint density at radius 3 is 2.69 bits per heavy atom. The molecule has 4 rings (SSSR count). The first kappa shape index (κ1) is 16.8. The summed E-state index contributed by atoms with van der Waals surface area (Å²) in [4.78, 5) is 19.4. The summed E-state index contributed by atoms with van der Waals surface area (Å²) in [6.45, 7) is 2.14. The molecule has 0 saturated carbocycles. The quantitative estimate of drug-likeness (QED) is 0.734. The monoisotopic (exact) mass is 369 g/mol. The Bertz CT molecular complexity index is 832. The van der Waals surface area contributed by atoms with Crippen molar-refractivity contribution in [1.29, 1.82) is 0 Å². The summed E-state index contributed by atoms with van der Waals surface area (Å²) in [5.41, 5.74) is 0.707. The highest BCUT2D eigenvalue weighted by Gasteiger charge is 2.18. The first-order valence-electron chi connectivity index (χ1n) is 8.45. The zero-order chi connectivity index (χ0) is 17.8. The highest BCUT2D eigenvalue weighted by molar-refractivity contribution is 7.09. The molecule has 134 valence electrons. The topological polar surface area (TPSA) is 89.0 Å². The fourth-order valence-electron chi connectivity index (χ4n) is 2.72. The lowest BCUT2D eigenvalue weighted by Crippen LogP contribution is -2.35. The van der Waals surface area contributed by atoms with Crippen LogP contribution in [0.4, 0.5) is 11.1 Å². The van der Waals surface area contributed by atoms with E-state index in [4.69, 9.17) is 4.74 Å². The van der Waals surface area contributed by atoms with Gasteiger partial charge in [0, 0.05) is 37.0 Å². The van der Waals surface area contributed by atoms with Gasteiger partial charge in [0.25, 0.3) is 0 Å². The third kappa shape index (κ3) is 4.12. The van der Waals surface area contributed by atoms with Crippen molar-refractivity contribution in [1.82, 2.24) is 29.2 Å². The van der Waals surface area contributed by atoms with Gasteiger partial charge >= 0.3 is 0 Å². The van der Waals surface area contributed by atoms with E-state index in [2.05, 4.69) is 41.6 Å². The van der Waals surface area contributed by atoms with Crippen LogP contribution in [0.3, 0.4) is 0 Å². The molecule has 4 heterocycles. The maximum Gasteiger partial charge on any atom is 0.228 e. The third-order valence-corrected chi connectivity index (χ3v) is 4.77. The lowest BCUT2D eigenvalue weighted by atomic mass is 10.1. The number of nitrogens with one attached hydrogen (secondary N) is 1. The van der Waals surface area contributed by atoms with E-state index < -0.39 is 0 Å². The fraction of sp³-hybridized carbons (Fsp3) is 0.353. The second-order valence-electron chi connectivity index (χ2n) is 6.12. The molecule has 8 nitrogen and oxygen atoms in total. The molecule has 3 aromatic rings. The fourth-order valence-corrected chi connectivity index (χ4v) is 3.29. The molecular formula is C17H19N7OS. The summed E-state index contributed by atoms with van der Waals surface area (Å²) < 4.78 is 10.4. The molecule has 1 fully saturated rings. The van der Waals surface area contributed by atoms with Gasteiger partial charge in [-0.2, -0.15) is 9.36 Å². The SMILES string of the molecule is CN1CCC(Oc2ccc(-c3nsc(Nc4ncccn4)n3)nc2)CC1. The van der Waals surface area contributed by atoms with Gasteiger partial charge in [-0.25, -0.2) is 15.0 Å². The van der Waals surface area contributed by atoms with Crippen LogP contribution in [0.2, 0.25) is 0 Å². The van der Waals surface area contributed by atoms with E-state index in [1.165, 1.54) is 11.5 Å². The number of pyridine rings is 1. The maximum absolute atomic E-state index is 6.02. The van der Waals surface area contributed by atoms with Crippen LogP contribution in [0.5, 0.6) is 5.75 Å². The Labute approximate surface area is 155 Å². The molecular weight excluding hydrogens is 350 g/mol. The van der Waals surface area contributed by atoms with Crippen LogP contribution in [-0.2, 0) is 0 Å². The molecule has 0 bridgehead atoms. The molecule has 1 saturated heterocycles. The Morgan fingerprint density at radius 2 is 1.96 bits per heavy atom. The second kappa shape index (κ2) is 7.71. The van der Waals surface area contributed by atoms with Gasteiger partial charge in [-0.05, 0) is 38.1 Å². The molecule has 0 amide bonds. The molecule has 1 N–H and O–H groups in total. The highest BCUT2D eigenvalue weighted by atomic mass is 32.1. The summed E-state index contributed by atoms with van der Waals surface area (Å²) in [6, 6.07) is 5.57. The second-order valence-corrected chi connectivity index (χ2v) is 6.87. The minimum absolute atomic E-state index is 0.262. The van der Waals surface area contributed by atoms with Crippen molar-refractivity contribution in [3.63, 3.8) is 0 Å². The van der Waals surface area contributed by atoms with Gasteiger partial charge in [0.15, 0.2) is 5.82 Å². The van der Waals surface area contributed by atoms with Gasteiger partial charge in [-0.15, -0.1) is 0 Å². The number of likely N-dealkylation sites (tertiary alicyclic amines) is 1. The van der Waals surface area contributed by atoms with Gasteiger partial charge in [-0.1, -0.05) is 0 Å². The van der Waals surface area contributed by atoms with E-state index >= 15 is 0 Å². The van der Waals surface area contributed by atoms with Crippen molar-refractivity contribution in [3.8, 4) is 17.3 Å². The summed E-state index contributed by atoms with van der Waals surface area (Å²) in [5, 5.41) is 3.65. The summed E-state index contributed by atoms with van der Waals surface area (Å²) in [6.07, 6.45) is 7.43. The largest absolute Gasteiger partial charge is 0.489 e. The first-order chi connectivity index (χ1) is 12.8. The van der Waals surface area contributed by atoms with Crippen molar-refractivity contribution in [2.24, 2.45) is 0 Å². The smallest absolute Gasteiger partial charge is 0.228 e. The zero-order valence-electron chi connectivity index (χ0n) is 14.4. The lowest BCUT2D eigenvalue weighted by molar-refractivity contribution is 0.114. The Kier molecular flexibility index (Phi) is 4.98. The average Bonchev–Trinajstić information content (AvgIpc) is 3.13. The van der Waals surface area contributed by atoms with Gasteiger partial charge in [0.2, 0.25) is 11.1 Å². The number of aromatic nitrogens is 5. The van der Waals surface area contributed by atoms with E-state index in [-0.39, 0.29) is 6.10 Å². The van der Waals surface area contributed by atoms with Crippen molar-refractivity contribution >= 4 is 22.6 Å². The predicted molar refractivity (Wildman–Crippen MR) is 99.6 cm³/mol. The lowest BCUT2D eigenvalue weighted by Gasteiger charge is -2.29. The van der Waals surface area contributed by atoms with E-state index in [1.54, 1.807) is 24.7 Å². The molecule has 3 aromatic heterocycles. The molecule has 1 aliphatic heterocycles. The van der Waals surface area contributed by atoms with Crippen LogP contribution >= 0.6 is 11.5 Å². The minimum Gasteiger partial charge on any atom is -0.489 e. The third-order valence-electron chi connectivity index (χ3n) is 4.14. The van der Waals surface area contributed by atoms with Crippen LogP contribution < -0.4 is 10.1 Å². The molecule has 0 spiro atoms. The van der Waals surface area contributed by atoms with Crippen LogP contribution in [0.1, 0.15) is 12.8 Å². The number of hydrogen-bond donors (Lipinski definition) is 1. The van der Waals surface area contributed by atoms with E-state index in [9.17, 15) is 0 Å². The van der Waals surface area contributed by atoms with Gasteiger partial charge in [0.1, 0.15) is 17.5 Å². The van der Waals surface area contributed by atoms with E-state index in [0.29, 0.717) is 22.6 Å². The van der Waals surface area contributed by atoms with Crippen LogP contribution in [-0.4, -0.2) is 55.5 Å². The van der Waals surface area contributed by atoms with Gasteiger partial charge in [-0.3, -0.25) is 5.32 Å². The number of rotatable bonds is 5. The van der Waals surface area contributed by atoms with Crippen molar-refractivity contribution in [2.75, 3.05) is 25.5 Å². The van der Waals surface area contributed by atoms with E-state index in [0.717, 1.165) is 31.7 Å². The van der Waals surface area contributed by atoms with Gasteiger partial charge < -0.3 is 9.64 Å². The Morgan fingerprint density at radius 1 is 1.15 bits per heavy atom. The number of hydrogen-bond acceptors (Lipinski definition) is 9. The highest BCUT2D eigenvalue weighted by Crippen LogP contribution is 2.24. The van der Waals surface area contributed by atoms with Crippen LogP contribution in [0.25, 0.3) is 11.5 Å². The number of ether oxygens (including phenoxy) is 1. The van der Waals surface area contributed by atoms with Crippen LogP contribution in [0, 0.1) is 0 Å². The van der Waals surface area contributed by atoms with Gasteiger partial charge in [0.05, 0.1) is 6.20 Å². The molecule has 0 aromatic carbocycles. The summed E-state index contributed by atoms with van der Waals surface area (Å²) in [7, 11) is 2.14. The minimum atomic E-state index is 0.262. The zero-order valence-corrected chi connectivity index (χ0v) is 15.2. The van der Waals surface area contributed by atoms with E-state index in [1.807, 2.05) is 12.1 Å². The molecule has 0 unspecified atom stereocenters. The summed E-state index contributed by atoms with van der Waals surface area (Å²) >= 11 is 1.24. The van der Waals surface area contributed by atoms with Crippen LogP contribution in [0.15, 0.2) is 36.8 Å². The van der Waals surface area contributed by atoms with Crippen molar-refractivity contribution in [2.45, 2.75) is 18.9 Å². The van der Waals surface area contributed by atoms with Crippen molar-refractivity contribution < 1.29 is 4.74 Å². The molecule has 0 aliphatic carbocycles. The summed E-state index contributed by atoms with van der Waals surface area (Å²) in [5.74, 6) is 1.85. The standard InChI is InChI=1S/C17H19N7OS/c1-24-9-5-12(6-10-24)25-13-3-4-14(20-11-13)15-21-17(26-23-15)22-16-18-7-2-8-19-16/h2-4,7-8,11-12H,5-6,9-10H2,1H3,(H,18,19,21,22,23). The molecule has 0 radical (unpaired) electrons. The molecule has 0 atom stereocenters. The predicted octanol–water partition coefficient (Wildman–Crippen LogP) is 2.61. The molecule has 1 aliphatic rings. The molecule has 9 heteroatoms. The normalized spacial score (nSPS) is 15.7. The maximum atomic E-state index is 6.02. The Balaban J connectivity index is 1.39. The first-order valence-corrected chi connectivity index (χ1v) is 9.23. The number of anilines is 2. The number of piperidine rings is 1. The molecule has 26 heavy (non-hydrogen) atoms. The Hall–Kier alpha value is -2.65. The average molecular weight is 369 g/mol. The number of nitrogens with zero attached hydrogens (tertiary/aromatic N) is 6.